The van der Waals surface area contributed by atoms with Crippen LogP contribution in [-0.4, -0.2) is 27.7 Å². The van der Waals surface area contributed by atoms with Crippen LogP contribution in [0.5, 0.6) is 5.75 Å². The molecule has 8 nitrogen and oxygen atoms in total. The van der Waals surface area contributed by atoms with E-state index in [-0.39, 0.29) is 6.61 Å². The first-order valence-corrected chi connectivity index (χ1v) is 10.2. The molecule has 0 amide bonds. The quantitative estimate of drug-likeness (QED) is 0.257. The third-order valence-corrected chi connectivity index (χ3v) is 4.92. The number of amidine groups is 1. The van der Waals surface area contributed by atoms with Crippen molar-refractivity contribution in [1.82, 2.24) is 14.8 Å². The molecule has 4 rings (SSSR count). The summed E-state index contributed by atoms with van der Waals surface area (Å²) >= 11 is 0. The van der Waals surface area contributed by atoms with Crippen LogP contribution in [0.2, 0.25) is 0 Å². The summed E-state index contributed by atoms with van der Waals surface area (Å²) in [6.07, 6.45) is 1.54. The Labute approximate surface area is 186 Å². The van der Waals surface area contributed by atoms with Gasteiger partial charge in [0.2, 0.25) is 5.89 Å². The molecule has 0 saturated heterocycles. The molecule has 0 aliphatic heterocycles. The number of nitrogens with two attached hydrogens (primary N) is 1. The zero-order valence-electron chi connectivity index (χ0n) is 18.3. The number of oxime groups is 1. The van der Waals surface area contributed by atoms with Gasteiger partial charge in [-0.1, -0.05) is 23.4 Å². The highest BCUT2D eigenvalue weighted by atomic mass is 16.6. The van der Waals surface area contributed by atoms with E-state index < -0.39 is 0 Å². The summed E-state index contributed by atoms with van der Waals surface area (Å²) in [4.78, 5) is 9.83. The summed E-state index contributed by atoms with van der Waals surface area (Å²) in [5.74, 6) is 1.56. The second-order valence-corrected chi connectivity index (χ2v) is 7.41. The molecule has 8 heteroatoms. The molecule has 2 aromatic carbocycles. The van der Waals surface area contributed by atoms with Crippen LogP contribution in [-0.2, 0) is 18.0 Å². The second kappa shape index (κ2) is 9.38. The van der Waals surface area contributed by atoms with Gasteiger partial charge in [0.15, 0.2) is 12.4 Å². The molecule has 2 aromatic heterocycles. The molecule has 4 aromatic rings. The Kier molecular flexibility index (Phi) is 6.21. The molecule has 0 saturated carbocycles. The molecule has 0 bridgehead atoms. The van der Waals surface area contributed by atoms with Crippen LogP contribution in [0, 0.1) is 13.8 Å². The summed E-state index contributed by atoms with van der Waals surface area (Å²) in [7, 11) is 1.62. The topological polar surface area (TPSA) is 101 Å². The number of hydrogen-bond donors (Lipinski definition) is 1. The van der Waals surface area contributed by atoms with E-state index in [0.717, 1.165) is 33.8 Å². The Morgan fingerprint density at radius 1 is 1.12 bits per heavy atom. The molecule has 32 heavy (non-hydrogen) atoms. The van der Waals surface area contributed by atoms with Crippen LogP contribution in [0.1, 0.15) is 28.2 Å². The fraction of sp³-hybridized carbons (Fsp3) is 0.208. The van der Waals surface area contributed by atoms with Crippen LogP contribution < -0.4 is 10.5 Å². The van der Waals surface area contributed by atoms with Gasteiger partial charge in [0.05, 0.1) is 19.3 Å². The predicted octanol–water partition coefficient (Wildman–Crippen LogP) is 4.05. The van der Waals surface area contributed by atoms with Gasteiger partial charge in [-0.25, -0.2) is 4.98 Å². The summed E-state index contributed by atoms with van der Waals surface area (Å²) in [5, 5.41) is 8.54. The highest BCUT2D eigenvalue weighted by Crippen LogP contribution is 2.22. The average molecular weight is 431 g/mol. The predicted molar refractivity (Wildman–Crippen MR) is 121 cm³/mol. The summed E-state index contributed by atoms with van der Waals surface area (Å²) in [6, 6.07) is 17.4. The van der Waals surface area contributed by atoms with Crippen LogP contribution in [0.25, 0.3) is 11.5 Å². The zero-order valence-corrected chi connectivity index (χ0v) is 18.3. The number of oxazole rings is 1. The molecule has 0 atom stereocenters. The van der Waals surface area contributed by atoms with Crippen molar-refractivity contribution in [3.8, 4) is 17.2 Å². The zero-order chi connectivity index (χ0) is 22.5. The molecule has 0 aliphatic rings. The van der Waals surface area contributed by atoms with Crippen molar-refractivity contribution >= 4 is 5.84 Å². The molecule has 2 N–H and O–H groups in total. The average Bonchev–Trinajstić information content (AvgIpc) is 3.40. The summed E-state index contributed by atoms with van der Waals surface area (Å²) in [5.41, 5.74) is 11.6. The Balaban J connectivity index is 1.38. The lowest BCUT2D eigenvalue weighted by molar-refractivity contribution is 0.127. The van der Waals surface area contributed by atoms with Gasteiger partial charge in [0.25, 0.3) is 0 Å². The fourth-order valence-corrected chi connectivity index (χ4v) is 3.30. The monoisotopic (exact) mass is 431 g/mol. The van der Waals surface area contributed by atoms with E-state index in [4.69, 9.17) is 19.7 Å². The minimum Gasteiger partial charge on any atom is -0.497 e. The molecule has 0 aliphatic carbocycles. The van der Waals surface area contributed by atoms with Crippen LogP contribution in [0.15, 0.2) is 70.4 Å². The minimum atomic E-state index is 0.145. The summed E-state index contributed by atoms with van der Waals surface area (Å²) in [6.45, 7) is 4.83. The van der Waals surface area contributed by atoms with E-state index in [1.54, 1.807) is 13.4 Å². The van der Waals surface area contributed by atoms with E-state index in [1.165, 1.54) is 0 Å². The van der Waals surface area contributed by atoms with Gasteiger partial charge >= 0.3 is 0 Å². The van der Waals surface area contributed by atoms with Crippen molar-refractivity contribution in [3.05, 3.63) is 89.1 Å². The number of rotatable bonds is 8. The van der Waals surface area contributed by atoms with Crippen molar-refractivity contribution in [2.24, 2.45) is 10.9 Å². The third kappa shape index (κ3) is 4.97. The maximum atomic E-state index is 6.13. The Morgan fingerprint density at radius 3 is 2.66 bits per heavy atom. The van der Waals surface area contributed by atoms with Gasteiger partial charge in [-0.15, -0.1) is 0 Å². The van der Waals surface area contributed by atoms with E-state index in [1.807, 2.05) is 67.1 Å². The molecule has 0 fully saturated rings. The molecule has 0 spiro atoms. The fourth-order valence-electron chi connectivity index (χ4n) is 3.30. The highest BCUT2D eigenvalue weighted by Gasteiger charge is 2.08. The van der Waals surface area contributed by atoms with Gasteiger partial charge < -0.3 is 19.7 Å². The first kappa shape index (κ1) is 21.2. The highest BCUT2D eigenvalue weighted by molar-refractivity contribution is 5.97. The SMILES string of the molecule is COc1ccc(-c2nc(CO/N=C(\N)c3cccc(Cn4nc(C)cc4C)c3)co2)cc1. The van der Waals surface area contributed by atoms with E-state index in [9.17, 15) is 0 Å². The maximum absolute atomic E-state index is 6.13. The number of hydrogen-bond acceptors (Lipinski definition) is 6. The second-order valence-electron chi connectivity index (χ2n) is 7.41. The minimum absolute atomic E-state index is 0.145. The Morgan fingerprint density at radius 2 is 1.94 bits per heavy atom. The number of aryl methyl sites for hydroxylation is 2. The van der Waals surface area contributed by atoms with Crippen LogP contribution >= 0.6 is 0 Å². The molecule has 0 unspecified atom stereocenters. The molecule has 2 heterocycles. The lowest BCUT2D eigenvalue weighted by Crippen LogP contribution is -2.14. The van der Waals surface area contributed by atoms with Gasteiger partial charge in [-0.2, -0.15) is 5.10 Å². The third-order valence-electron chi connectivity index (χ3n) is 4.92. The Hall–Kier alpha value is -4.07. The maximum Gasteiger partial charge on any atom is 0.226 e. The first-order chi connectivity index (χ1) is 15.5. The number of benzene rings is 2. The van der Waals surface area contributed by atoms with Crippen molar-refractivity contribution in [2.45, 2.75) is 27.0 Å². The molecule has 164 valence electrons. The van der Waals surface area contributed by atoms with Crippen molar-refractivity contribution in [1.29, 1.82) is 0 Å². The Bertz CT molecular complexity index is 1220. The van der Waals surface area contributed by atoms with Gasteiger partial charge in [0, 0.05) is 16.8 Å². The number of nitrogens with zero attached hydrogens (tertiary/aromatic N) is 4. The van der Waals surface area contributed by atoms with E-state index in [2.05, 4.69) is 21.3 Å². The number of aromatic nitrogens is 3. The lowest BCUT2D eigenvalue weighted by Gasteiger charge is -2.07. The van der Waals surface area contributed by atoms with Crippen molar-refractivity contribution in [3.63, 3.8) is 0 Å². The van der Waals surface area contributed by atoms with Crippen molar-refractivity contribution < 1.29 is 14.0 Å². The number of methoxy groups -OCH3 is 1. The summed E-state index contributed by atoms with van der Waals surface area (Å²) < 4.78 is 12.7. The normalized spacial score (nSPS) is 11.5. The van der Waals surface area contributed by atoms with Crippen LogP contribution in [0.3, 0.4) is 0 Å². The van der Waals surface area contributed by atoms with E-state index in [0.29, 0.717) is 24.0 Å². The lowest BCUT2D eigenvalue weighted by atomic mass is 10.1. The standard InChI is InChI=1S/C24H25N5O3/c1-16-11-17(2)29(27-16)13-18-5-4-6-20(12-18)23(25)28-32-15-21-14-31-24(26-21)19-7-9-22(30-3)10-8-19/h4-12,14H,13,15H2,1-3H3,(H2,25,28). The largest absolute Gasteiger partial charge is 0.497 e. The molecule has 0 radical (unpaired) electrons. The van der Waals surface area contributed by atoms with Crippen LogP contribution in [0.4, 0.5) is 0 Å². The van der Waals surface area contributed by atoms with E-state index >= 15 is 0 Å². The van der Waals surface area contributed by atoms with Gasteiger partial charge in [0.1, 0.15) is 17.7 Å². The first-order valence-electron chi connectivity index (χ1n) is 10.2. The van der Waals surface area contributed by atoms with Crippen molar-refractivity contribution in [2.75, 3.05) is 7.11 Å². The molecular formula is C24H25N5O3. The van der Waals surface area contributed by atoms with Gasteiger partial charge in [-0.3, -0.25) is 4.68 Å². The number of ether oxygens (including phenoxy) is 1. The molecular weight excluding hydrogens is 406 g/mol. The van der Waals surface area contributed by atoms with Gasteiger partial charge in [-0.05, 0) is 55.8 Å². The smallest absolute Gasteiger partial charge is 0.226 e.